The average molecular weight is 342 g/mol. The Morgan fingerprint density at radius 3 is 2.40 bits per heavy atom. The van der Waals surface area contributed by atoms with Gasteiger partial charge in [0.2, 0.25) is 0 Å². The van der Waals surface area contributed by atoms with E-state index in [1.165, 1.54) is 5.69 Å². The standard InChI is InChI=1S/C19H26N4O2/c1-13(2)18-17(14(3)21-25-18)19(24)20-15-5-7-16(8-6-15)23-11-9-22(4)10-12-23/h5-8,13H,9-12H2,1-4H3,(H,20,24). The fourth-order valence-electron chi connectivity index (χ4n) is 3.07. The summed E-state index contributed by atoms with van der Waals surface area (Å²) in [6.45, 7) is 9.97. The van der Waals surface area contributed by atoms with Gasteiger partial charge in [-0.15, -0.1) is 0 Å². The molecular formula is C19H26N4O2. The van der Waals surface area contributed by atoms with Crippen LogP contribution in [0.5, 0.6) is 0 Å². The van der Waals surface area contributed by atoms with Gasteiger partial charge < -0.3 is 19.6 Å². The highest BCUT2D eigenvalue weighted by molar-refractivity contribution is 6.05. The Morgan fingerprint density at radius 1 is 1.16 bits per heavy atom. The lowest BCUT2D eigenvalue weighted by atomic mass is 10.0. The third kappa shape index (κ3) is 3.85. The van der Waals surface area contributed by atoms with Gasteiger partial charge in [-0.3, -0.25) is 4.79 Å². The monoisotopic (exact) mass is 342 g/mol. The van der Waals surface area contributed by atoms with E-state index < -0.39 is 0 Å². The lowest BCUT2D eigenvalue weighted by Crippen LogP contribution is -2.44. The van der Waals surface area contributed by atoms with Gasteiger partial charge in [-0.05, 0) is 38.2 Å². The minimum atomic E-state index is -0.171. The molecule has 0 bridgehead atoms. The molecule has 1 aliphatic heterocycles. The van der Waals surface area contributed by atoms with Crippen LogP contribution in [-0.2, 0) is 0 Å². The molecule has 6 nitrogen and oxygen atoms in total. The van der Waals surface area contributed by atoms with Crippen molar-refractivity contribution >= 4 is 17.3 Å². The first-order valence-corrected chi connectivity index (χ1v) is 8.76. The maximum atomic E-state index is 12.6. The molecule has 0 atom stereocenters. The summed E-state index contributed by atoms with van der Waals surface area (Å²) in [5.74, 6) is 0.570. The molecule has 0 radical (unpaired) electrons. The molecule has 0 unspecified atom stereocenters. The van der Waals surface area contributed by atoms with Gasteiger partial charge in [-0.25, -0.2) is 0 Å². The highest BCUT2D eigenvalue weighted by atomic mass is 16.5. The first-order chi connectivity index (χ1) is 12.0. The fraction of sp³-hybridized carbons (Fsp3) is 0.474. The summed E-state index contributed by atoms with van der Waals surface area (Å²) >= 11 is 0. The second-order valence-corrected chi connectivity index (χ2v) is 6.95. The van der Waals surface area contributed by atoms with Crippen LogP contribution < -0.4 is 10.2 Å². The molecule has 1 aliphatic rings. The quantitative estimate of drug-likeness (QED) is 0.925. The molecule has 6 heteroatoms. The molecule has 0 saturated carbocycles. The Kier molecular flexibility index (Phi) is 5.08. The number of amides is 1. The molecule has 1 aromatic carbocycles. The third-order valence-electron chi connectivity index (χ3n) is 4.63. The minimum absolute atomic E-state index is 0.113. The number of nitrogens with zero attached hydrogens (tertiary/aromatic N) is 3. The number of rotatable bonds is 4. The van der Waals surface area contributed by atoms with E-state index in [4.69, 9.17) is 4.52 Å². The molecule has 2 heterocycles. The van der Waals surface area contributed by atoms with Crippen LogP contribution in [0.3, 0.4) is 0 Å². The number of anilines is 2. The maximum Gasteiger partial charge on any atom is 0.261 e. The van der Waals surface area contributed by atoms with Gasteiger partial charge >= 0.3 is 0 Å². The van der Waals surface area contributed by atoms with E-state index in [1.807, 2.05) is 26.0 Å². The molecule has 1 aromatic heterocycles. The summed E-state index contributed by atoms with van der Waals surface area (Å²) < 4.78 is 5.30. The van der Waals surface area contributed by atoms with Crippen molar-refractivity contribution in [1.82, 2.24) is 10.1 Å². The van der Waals surface area contributed by atoms with Crippen LogP contribution in [-0.4, -0.2) is 49.2 Å². The lowest BCUT2D eigenvalue weighted by Gasteiger charge is -2.34. The Bertz CT molecular complexity index is 728. The summed E-state index contributed by atoms with van der Waals surface area (Å²) in [6.07, 6.45) is 0. The van der Waals surface area contributed by atoms with Crippen LogP contribution in [0.15, 0.2) is 28.8 Å². The molecular weight excluding hydrogens is 316 g/mol. The van der Waals surface area contributed by atoms with Crippen LogP contribution >= 0.6 is 0 Å². The molecule has 0 spiro atoms. The van der Waals surface area contributed by atoms with Gasteiger partial charge in [0, 0.05) is 43.5 Å². The second-order valence-electron chi connectivity index (χ2n) is 6.95. The van der Waals surface area contributed by atoms with Crippen LogP contribution in [0.4, 0.5) is 11.4 Å². The predicted octanol–water partition coefficient (Wildman–Crippen LogP) is 3.11. The molecule has 25 heavy (non-hydrogen) atoms. The molecule has 3 rings (SSSR count). The zero-order chi connectivity index (χ0) is 18.0. The van der Waals surface area contributed by atoms with Crippen molar-refractivity contribution in [3.8, 4) is 0 Å². The third-order valence-corrected chi connectivity index (χ3v) is 4.63. The van der Waals surface area contributed by atoms with Crippen molar-refractivity contribution in [1.29, 1.82) is 0 Å². The SMILES string of the molecule is Cc1noc(C(C)C)c1C(=O)Nc1ccc(N2CCN(C)CC2)cc1. The van der Waals surface area contributed by atoms with Gasteiger partial charge in [0.1, 0.15) is 5.56 Å². The van der Waals surface area contributed by atoms with E-state index in [0.717, 1.165) is 31.9 Å². The largest absolute Gasteiger partial charge is 0.369 e. The number of benzene rings is 1. The number of carbonyl (C=O) groups is 1. The van der Waals surface area contributed by atoms with E-state index in [9.17, 15) is 4.79 Å². The van der Waals surface area contributed by atoms with Crippen molar-refractivity contribution in [3.63, 3.8) is 0 Å². The normalized spacial score (nSPS) is 15.6. The lowest BCUT2D eigenvalue weighted by molar-refractivity contribution is 0.102. The number of piperazine rings is 1. The average Bonchev–Trinajstić information content (AvgIpc) is 2.98. The number of aromatic nitrogens is 1. The van der Waals surface area contributed by atoms with Gasteiger partial charge in [0.25, 0.3) is 5.91 Å². The summed E-state index contributed by atoms with van der Waals surface area (Å²) in [4.78, 5) is 17.3. The zero-order valence-corrected chi connectivity index (χ0v) is 15.4. The number of nitrogens with one attached hydrogen (secondary N) is 1. The van der Waals surface area contributed by atoms with Gasteiger partial charge in [0.15, 0.2) is 5.76 Å². The van der Waals surface area contributed by atoms with Crippen molar-refractivity contribution in [2.45, 2.75) is 26.7 Å². The van der Waals surface area contributed by atoms with Crippen molar-refractivity contribution < 1.29 is 9.32 Å². The summed E-state index contributed by atoms with van der Waals surface area (Å²) in [6, 6.07) is 8.02. The van der Waals surface area contributed by atoms with E-state index >= 15 is 0 Å². The van der Waals surface area contributed by atoms with Crippen molar-refractivity contribution in [3.05, 3.63) is 41.3 Å². The van der Waals surface area contributed by atoms with Gasteiger partial charge in [-0.1, -0.05) is 19.0 Å². The molecule has 1 amide bonds. The summed E-state index contributed by atoms with van der Waals surface area (Å²) in [5.41, 5.74) is 3.13. The predicted molar refractivity (Wildman–Crippen MR) is 99.4 cm³/mol. The van der Waals surface area contributed by atoms with Crippen LogP contribution in [0.2, 0.25) is 0 Å². The first kappa shape index (κ1) is 17.5. The Labute approximate surface area is 148 Å². The first-order valence-electron chi connectivity index (χ1n) is 8.76. The molecule has 1 N–H and O–H groups in total. The Morgan fingerprint density at radius 2 is 1.80 bits per heavy atom. The van der Waals surface area contributed by atoms with Crippen molar-refractivity contribution in [2.75, 3.05) is 43.4 Å². The van der Waals surface area contributed by atoms with Crippen LogP contribution in [0.1, 0.15) is 41.6 Å². The highest BCUT2D eigenvalue weighted by Crippen LogP contribution is 2.24. The topological polar surface area (TPSA) is 61.6 Å². The van der Waals surface area contributed by atoms with Gasteiger partial charge in [0.05, 0.1) is 5.69 Å². The van der Waals surface area contributed by atoms with Crippen molar-refractivity contribution in [2.24, 2.45) is 0 Å². The minimum Gasteiger partial charge on any atom is -0.369 e. The smallest absolute Gasteiger partial charge is 0.261 e. The van der Waals surface area contributed by atoms with E-state index in [0.29, 0.717) is 17.0 Å². The highest BCUT2D eigenvalue weighted by Gasteiger charge is 2.22. The molecule has 2 aromatic rings. The summed E-state index contributed by atoms with van der Waals surface area (Å²) in [5, 5.41) is 6.89. The van der Waals surface area contributed by atoms with Crippen LogP contribution in [0.25, 0.3) is 0 Å². The number of likely N-dealkylation sites (N-methyl/N-ethyl adjacent to an activating group) is 1. The molecule has 1 fully saturated rings. The van der Waals surface area contributed by atoms with E-state index in [2.05, 4.69) is 39.5 Å². The van der Waals surface area contributed by atoms with E-state index in [-0.39, 0.29) is 11.8 Å². The Balaban J connectivity index is 1.69. The molecule has 0 aliphatic carbocycles. The number of aryl methyl sites for hydroxylation is 1. The van der Waals surface area contributed by atoms with Gasteiger partial charge in [-0.2, -0.15) is 0 Å². The number of hydrogen-bond acceptors (Lipinski definition) is 5. The number of hydrogen-bond donors (Lipinski definition) is 1. The summed E-state index contributed by atoms with van der Waals surface area (Å²) in [7, 11) is 2.15. The zero-order valence-electron chi connectivity index (χ0n) is 15.4. The molecule has 1 saturated heterocycles. The van der Waals surface area contributed by atoms with E-state index in [1.54, 1.807) is 6.92 Å². The maximum absolute atomic E-state index is 12.6. The van der Waals surface area contributed by atoms with Crippen LogP contribution in [0, 0.1) is 6.92 Å². The fourth-order valence-corrected chi connectivity index (χ4v) is 3.07. The second kappa shape index (κ2) is 7.27. The molecule has 134 valence electrons. The Hall–Kier alpha value is -2.34. The number of carbonyl (C=O) groups excluding carboxylic acids is 1.